The van der Waals surface area contributed by atoms with Crippen LogP contribution in [0.2, 0.25) is 0 Å². The highest BCUT2D eigenvalue weighted by Gasteiger charge is 2.32. The average Bonchev–Trinajstić information content (AvgIpc) is 2.36. The van der Waals surface area contributed by atoms with E-state index in [1.807, 2.05) is 0 Å². The highest BCUT2D eigenvalue weighted by atomic mass is 15.3. The van der Waals surface area contributed by atoms with Crippen molar-refractivity contribution in [3.63, 3.8) is 0 Å². The van der Waals surface area contributed by atoms with Crippen molar-refractivity contribution in [1.29, 1.82) is 0 Å². The standard InChI is InChI=1S/C14H24N4/c1-10-11(2)16-13(17-12(10)3)14(4,5)18-8-6-15-7-9-18/h15H,6-9H2,1-5H3. The molecule has 1 fully saturated rings. The number of hydrogen-bond acceptors (Lipinski definition) is 4. The van der Waals surface area contributed by atoms with Crippen molar-refractivity contribution in [3.8, 4) is 0 Å². The Morgan fingerprint density at radius 2 is 1.50 bits per heavy atom. The average molecular weight is 248 g/mol. The summed E-state index contributed by atoms with van der Waals surface area (Å²) in [6, 6.07) is 0. The fourth-order valence-electron chi connectivity index (χ4n) is 2.41. The molecule has 0 bridgehead atoms. The predicted molar refractivity (Wildman–Crippen MR) is 73.7 cm³/mol. The van der Waals surface area contributed by atoms with Crippen LogP contribution in [0.1, 0.15) is 36.6 Å². The molecule has 4 nitrogen and oxygen atoms in total. The second-order valence-electron chi connectivity index (χ2n) is 5.64. The summed E-state index contributed by atoms with van der Waals surface area (Å²) in [5, 5.41) is 3.39. The smallest absolute Gasteiger partial charge is 0.148 e. The molecule has 1 aliphatic rings. The van der Waals surface area contributed by atoms with E-state index in [9.17, 15) is 0 Å². The molecule has 0 aliphatic carbocycles. The largest absolute Gasteiger partial charge is 0.314 e. The molecule has 1 saturated heterocycles. The van der Waals surface area contributed by atoms with Gasteiger partial charge in [-0.15, -0.1) is 0 Å². The van der Waals surface area contributed by atoms with Gasteiger partial charge in [0.05, 0.1) is 5.54 Å². The fourth-order valence-corrected chi connectivity index (χ4v) is 2.41. The van der Waals surface area contributed by atoms with Crippen LogP contribution in [-0.2, 0) is 5.54 Å². The van der Waals surface area contributed by atoms with Gasteiger partial charge in [-0.2, -0.15) is 0 Å². The van der Waals surface area contributed by atoms with Gasteiger partial charge in [-0.1, -0.05) is 0 Å². The van der Waals surface area contributed by atoms with Gasteiger partial charge in [0.1, 0.15) is 5.82 Å². The van der Waals surface area contributed by atoms with Gasteiger partial charge in [0.15, 0.2) is 0 Å². The Kier molecular flexibility index (Phi) is 3.69. The first-order chi connectivity index (χ1) is 8.43. The van der Waals surface area contributed by atoms with E-state index in [1.54, 1.807) is 0 Å². The molecule has 0 atom stereocenters. The molecule has 1 aliphatic heterocycles. The van der Waals surface area contributed by atoms with Crippen molar-refractivity contribution in [3.05, 3.63) is 22.8 Å². The summed E-state index contributed by atoms with van der Waals surface area (Å²) in [7, 11) is 0. The first-order valence-corrected chi connectivity index (χ1v) is 6.71. The molecule has 0 amide bonds. The predicted octanol–water partition coefficient (Wildman–Crippen LogP) is 1.54. The topological polar surface area (TPSA) is 41.1 Å². The van der Waals surface area contributed by atoms with Gasteiger partial charge >= 0.3 is 0 Å². The van der Waals surface area contributed by atoms with Crippen LogP contribution in [0.3, 0.4) is 0 Å². The Hall–Kier alpha value is -1.00. The van der Waals surface area contributed by atoms with Crippen molar-refractivity contribution < 1.29 is 0 Å². The molecule has 4 heteroatoms. The first-order valence-electron chi connectivity index (χ1n) is 6.71. The third kappa shape index (κ3) is 2.40. The van der Waals surface area contributed by atoms with Crippen LogP contribution in [0.4, 0.5) is 0 Å². The minimum atomic E-state index is -0.0919. The number of rotatable bonds is 2. The molecule has 0 radical (unpaired) electrons. The minimum absolute atomic E-state index is 0.0919. The zero-order chi connectivity index (χ0) is 13.3. The van der Waals surface area contributed by atoms with Gasteiger partial charge in [-0.25, -0.2) is 9.97 Å². The molecular weight excluding hydrogens is 224 g/mol. The van der Waals surface area contributed by atoms with Crippen molar-refractivity contribution in [2.75, 3.05) is 26.2 Å². The second kappa shape index (κ2) is 4.94. The Morgan fingerprint density at radius 3 is 2.00 bits per heavy atom. The highest BCUT2D eigenvalue weighted by Crippen LogP contribution is 2.26. The molecule has 0 spiro atoms. The SMILES string of the molecule is Cc1nc(C(C)(C)N2CCNCC2)nc(C)c1C. The maximum absolute atomic E-state index is 4.71. The molecule has 1 aromatic rings. The van der Waals surface area contributed by atoms with E-state index in [0.717, 1.165) is 43.4 Å². The van der Waals surface area contributed by atoms with Crippen molar-refractivity contribution in [1.82, 2.24) is 20.2 Å². The Bertz CT molecular complexity index is 410. The Morgan fingerprint density at radius 1 is 1.00 bits per heavy atom. The van der Waals surface area contributed by atoms with Crippen molar-refractivity contribution in [2.24, 2.45) is 0 Å². The minimum Gasteiger partial charge on any atom is -0.314 e. The van der Waals surface area contributed by atoms with Crippen LogP contribution in [0.15, 0.2) is 0 Å². The summed E-state index contributed by atoms with van der Waals surface area (Å²) < 4.78 is 0. The van der Waals surface area contributed by atoms with Crippen LogP contribution in [0, 0.1) is 20.8 Å². The normalized spacial score (nSPS) is 18.1. The zero-order valence-electron chi connectivity index (χ0n) is 12.2. The van der Waals surface area contributed by atoms with E-state index in [4.69, 9.17) is 9.97 Å². The third-order valence-electron chi connectivity index (χ3n) is 4.09. The van der Waals surface area contributed by atoms with Crippen LogP contribution >= 0.6 is 0 Å². The van der Waals surface area contributed by atoms with Crippen molar-refractivity contribution >= 4 is 0 Å². The van der Waals surface area contributed by atoms with Gasteiger partial charge in [0.2, 0.25) is 0 Å². The van der Waals surface area contributed by atoms with Gasteiger partial charge in [-0.3, -0.25) is 4.90 Å². The summed E-state index contributed by atoms with van der Waals surface area (Å²) in [5.41, 5.74) is 3.31. The van der Waals surface area contributed by atoms with Crippen molar-refractivity contribution in [2.45, 2.75) is 40.2 Å². The molecular formula is C14H24N4. The second-order valence-corrected chi connectivity index (χ2v) is 5.64. The Labute approximate surface area is 110 Å². The number of piperazine rings is 1. The monoisotopic (exact) mass is 248 g/mol. The van der Waals surface area contributed by atoms with Crippen LogP contribution < -0.4 is 5.32 Å². The highest BCUT2D eigenvalue weighted by molar-refractivity contribution is 5.24. The summed E-state index contributed by atoms with van der Waals surface area (Å²) in [4.78, 5) is 11.9. The summed E-state index contributed by atoms with van der Waals surface area (Å²) in [5.74, 6) is 0.949. The van der Waals surface area contributed by atoms with E-state index in [1.165, 1.54) is 5.56 Å². The lowest BCUT2D eigenvalue weighted by Gasteiger charge is -2.40. The number of hydrogen-bond donors (Lipinski definition) is 1. The molecule has 0 saturated carbocycles. The maximum atomic E-state index is 4.71. The Balaban J connectivity index is 2.33. The van der Waals surface area contributed by atoms with Gasteiger partial charge in [0, 0.05) is 37.6 Å². The molecule has 2 heterocycles. The van der Waals surface area contributed by atoms with E-state index < -0.39 is 0 Å². The number of nitrogens with one attached hydrogen (secondary N) is 1. The van der Waals surface area contributed by atoms with E-state index in [-0.39, 0.29) is 5.54 Å². The van der Waals surface area contributed by atoms with Crippen LogP contribution in [-0.4, -0.2) is 41.0 Å². The van der Waals surface area contributed by atoms with Gasteiger partial charge in [-0.05, 0) is 40.2 Å². The fraction of sp³-hybridized carbons (Fsp3) is 0.714. The number of nitrogens with zero attached hydrogens (tertiary/aromatic N) is 3. The molecule has 100 valence electrons. The van der Waals surface area contributed by atoms with Gasteiger partial charge < -0.3 is 5.32 Å². The lowest BCUT2D eigenvalue weighted by molar-refractivity contribution is 0.0944. The van der Waals surface area contributed by atoms with Crippen LogP contribution in [0.25, 0.3) is 0 Å². The third-order valence-corrected chi connectivity index (χ3v) is 4.09. The first kappa shape index (κ1) is 13.4. The molecule has 0 unspecified atom stereocenters. The zero-order valence-corrected chi connectivity index (χ0v) is 12.2. The quantitative estimate of drug-likeness (QED) is 0.862. The van der Waals surface area contributed by atoms with E-state index in [2.05, 4.69) is 44.8 Å². The molecule has 1 N–H and O–H groups in total. The molecule has 18 heavy (non-hydrogen) atoms. The number of aromatic nitrogens is 2. The van der Waals surface area contributed by atoms with Gasteiger partial charge in [0.25, 0.3) is 0 Å². The number of aryl methyl sites for hydroxylation is 2. The molecule has 1 aromatic heterocycles. The maximum Gasteiger partial charge on any atom is 0.148 e. The van der Waals surface area contributed by atoms with E-state index >= 15 is 0 Å². The summed E-state index contributed by atoms with van der Waals surface area (Å²) in [6.07, 6.45) is 0. The summed E-state index contributed by atoms with van der Waals surface area (Å²) in [6.45, 7) is 14.9. The summed E-state index contributed by atoms with van der Waals surface area (Å²) >= 11 is 0. The van der Waals surface area contributed by atoms with Crippen LogP contribution in [0.5, 0.6) is 0 Å². The molecule has 2 rings (SSSR count). The van der Waals surface area contributed by atoms with E-state index in [0.29, 0.717) is 0 Å². The lowest BCUT2D eigenvalue weighted by atomic mass is 9.99. The lowest BCUT2D eigenvalue weighted by Crippen LogP contribution is -2.52. The molecule has 0 aromatic carbocycles.